The second-order valence-corrected chi connectivity index (χ2v) is 4.00. The van der Waals surface area contributed by atoms with Crippen LogP contribution in [-0.2, 0) is 16.0 Å². The highest BCUT2D eigenvalue weighted by Crippen LogP contribution is 2.10. The molecular formula is C13H20N2O2. The Morgan fingerprint density at radius 3 is 2.82 bits per heavy atom. The van der Waals surface area contributed by atoms with Gasteiger partial charge in [-0.3, -0.25) is 4.79 Å². The minimum absolute atomic E-state index is 0.0207. The fraction of sp³-hybridized carbons (Fsp3) is 0.462. The van der Waals surface area contributed by atoms with Gasteiger partial charge in [0.05, 0.1) is 13.0 Å². The number of amides is 1. The Labute approximate surface area is 102 Å². The van der Waals surface area contributed by atoms with Crippen molar-refractivity contribution in [3.05, 3.63) is 29.8 Å². The van der Waals surface area contributed by atoms with E-state index in [1.54, 1.807) is 6.07 Å². The zero-order chi connectivity index (χ0) is 12.7. The van der Waals surface area contributed by atoms with Gasteiger partial charge in [0.25, 0.3) is 0 Å². The first-order valence-electron chi connectivity index (χ1n) is 5.84. The number of rotatable bonds is 6. The van der Waals surface area contributed by atoms with Gasteiger partial charge in [0.2, 0.25) is 5.91 Å². The highest BCUT2D eigenvalue weighted by atomic mass is 16.5. The van der Waals surface area contributed by atoms with Crippen molar-refractivity contribution in [2.75, 3.05) is 18.9 Å². The predicted molar refractivity (Wildman–Crippen MR) is 68.7 cm³/mol. The molecule has 1 unspecified atom stereocenters. The molecule has 0 radical (unpaired) electrons. The summed E-state index contributed by atoms with van der Waals surface area (Å²) < 4.78 is 5.23. The van der Waals surface area contributed by atoms with E-state index in [0.717, 1.165) is 5.56 Å². The van der Waals surface area contributed by atoms with Gasteiger partial charge in [-0.1, -0.05) is 18.2 Å². The van der Waals surface area contributed by atoms with Gasteiger partial charge >= 0.3 is 0 Å². The molecule has 1 atom stereocenters. The van der Waals surface area contributed by atoms with Crippen LogP contribution in [0.2, 0.25) is 0 Å². The molecule has 1 rings (SSSR count). The summed E-state index contributed by atoms with van der Waals surface area (Å²) in [6.45, 7) is 5.04. The molecule has 1 amide bonds. The van der Waals surface area contributed by atoms with E-state index < -0.39 is 0 Å². The first-order valence-corrected chi connectivity index (χ1v) is 5.84. The lowest BCUT2D eigenvalue weighted by Gasteiger charge is -2.14. The topological polar surface area (TPSA) is 64.3 Å². The molecule has 0 bridgehead atoms. The van der Waals surface area contributed by atoms with Crippen LogP contribution in [0.5, 0.6) is 0 Å². The minimum Gasteiger partial charge on any atom is -0.398 e. The summed E-state index contributed by atoms with van der Waals surface area (Å²) in [5.41, 5.74) is 7.28. The fourth-order valence-corrected chi connectivity index (χ4v) is 1.53. The number of ether oxygens (including phenoxy) is 1. The van der Waals surface area contributed by atoms with Crippen molar-refractivity contribution in [3.63, 3.8) is 0 Å². The van der Waals surface area contributed by atoms with E-state index in [1.165, 1.54) is 0 Å². The maximum absolute atomic E-state index is 11.7. The van der Waals surface area contributed by atoms with Gasteiger partial charge in [-0.25, -0.2) is 0 Å². The smallest absolute Gasteiger partial charge is 0.224 e. The number of nitrogens with one attached hydrogen (secondary N) is 1. The maximum atomic E-state index is 11.7. The number of hydrogen-bond acceptors (Lipinski definition) is 3. The van der Waals surface area contributed by atoms with Gasteiger partial charge < -0.3 is 15.8 Å². The molecule has 0 saturated carbocycles. The van der Waals surface area contributed by atoms with Crippen molar-refractivity contribution in [2.24, 2.45) is 0 Å². The van der Waals surface area contributed by atoms with Crippen LogP contribution >= 0.6 is 0 Å². The van der Waals surface area contributed by atoms with Gasteiger partial charge in [-0.05, 0) is 25.5 Å². The SMILES string of the molecule is CCOCC(C)NC(=O)Cc1ccccc1N. The number of benzene rings is 1. The van der Waals surface area contributed by atoms with Crippen molar-refractivity contribution in [2.45, 2.75) is 26.3 Å². The third-order valence-electron chi connectivity index (χ3n) is 2.39. The Balaban J connectivity index is 2.42. The lowest BCUT2D eigenvalue weighted by molar-refractivity contribution is -0.121. The number of hydrogen-bond donors (Lipinski definition) is 2. The van der Waals surface area contributed by atoms with E-state index in [1.807, 2.05) is 32.0 Å². The Kier molecular flexibility index (Phi) is 5.49. The molecule has 4 nitrogen and oxygen atoms in total. The molecule has 1 aromatic rings. The van der Waals surface area contributed by atoms with Gasteiger partial charge in [0.15, 0.2) is 0 Å². The van der Waals surface area contributed by atoms with Crippen molar-refractivity contribution in [1.82, 2.24) is 5.32 Å². The monoisotopic (exact) mass is 236 g/mol. The summed E-state index contributed by atoms with van der Waals surface area (Å²) >= 11 is 0. The number of nitrogens with two attached hydrogens (primary N) is 1. The van der Waals surface area contributed by atoms with Crippen LogP contribution in [0.4, 0.5) is 5.69 Å². The largest absolute Gasteiger partial charge is 0.398 e. The first-order chi connectivity index (χ1) is 8.13. The van der Waals surface area contributed by atoms with E-state index in [9.17, 15) is 4.79 Å². The maximum Gasteiger partial charge on any atom is 0.224 e. The quantitative estimate of drug-likeness (QED) is 0.733. The van der Waals surface area contributed by atoms with E-state index >= 15 is 0 Å². The number of nitrogen functional groups attached to an aromatic ring is 1. The van der Waals surface area contributed by atoms with Gasteiger partial charge in [-0.2, -0.15) is 0 Å². The van der Waals surface area contributed by atoms with Crippen molar-refractivity contribution < 1.29 is 9.53 Å². The Morgan fingerprint density at radius 1 is 1.47 bits per heavy atom. The van der Waals surface area contributed by atoms with Crippen LogP contribution < -0.4 is 11.1 Å². The Morgan fingerprint density at radius 2 is 2.18 bits per heavy atom. The third-order valence-corrected chi connectivity index (χ3v) is 2.39. The van der Waals surface area contributed by atoms with Crippen molar-refractivity contribution in [3.8, 4) is 0 Å². The van der Waals surface area contributed by atoms with E-state index in [4.69, 9.17) is 10.5 Å². The van der Waals surface area contributed by atoms with Gasteiger partial charge in [0.1, 0.15) is 0 Å². The lowest BCUT2D eigenvalue weighted by atomic mass is 10.1. The molecule has 0 fully saturated rings. The second kappa shape index (κ2) is 6.91. The van der Waals surface area contributed by atoms with Crippen LogP contribution in [-0.4, -0.2) is 25.2 Å². The van der Waals surface area contributed by atoms with E-state index in [0.29, 0.717) is 25.3 Å². The molecule has 0 aliphatic rings. The van der Waals surface area contributed by atoms with Gasteiger partial charge in [-0.15, -0.1) is 0 Å². The molecule has 0 aromatic heterocycles. The third kappa shape index (κ3) is 4.87. The van der Waals surface area contributed by atoms with Crippen LogP contribution in [0.3, 0.4) is 0 Å². The van der Waals surface area contributed by atoms with E-state index in [2.05, 4.69) is 5.32 Å². The molecule has 0 saturated heterocycles. The number of carbonyl (C=O) groups excluding carboxylic acids is 1. The van der Waals surface area contributed by atoms with Crippen LogP contribution in [0.25, 0.3) is 0 Å². The number of para-hydroxylation sites is 1. The standard InChI is InChI=1S/C13H20N2O2/c1-3-17-9-10(2)15-13(16)8-11-6-4-5-7-12(11)14/h4-7,10H,3,8-9,14H2,1-2H3,(H,15,16). The van der Waals surface area contributed by atoms with Crippen molar-refractivity contribution >= 4 is 11.6 Å². The number of anilines is 1. The molecule has 0 spiro atoms. The minimum atomic E-state index is -0.0323. The summed E-state index contributed by atoms with van der Waals surface area (Å²) in [5.74, 6) is -0.0323. The first kappa shape index (κ1) is 13.5. The normalized spacial score (nSPS) is 12.1. The predicted octanol–water partition coefficient (Wildman–Crippen LogP) is 1.35. The summed E-state index contributed by atoms with van der Waals surface area (Å²) in [6, 6.07) is 7.41. The molecule has 3 N–H and O–H groups in total. The van der Waals surface area contributed by atoms with Crippen LogP contribution in [0, 0.1) is 0 Å². The van der Waals surface area contributed by atoms with E-state index in [-0.39, 0.29) is 11.9 Å². The zero-order valence-corrected chi connectivity index (χ0v) is 10.4. The average Bonchev–Trinajstić information content (AvgIpc) is 2.29. The second-order valence-electron chi connectivity index (χ2n) is 4.00. The van der Waals surface area contributed by atoms with Crippen molar-refractivity contribution in [1.29, 1.82) is 0 Å². The molecule has 17 heavy (non-hydrogen) atoms. The zero-order valence-electron chi connectivity index (χ0n) is 10.4. The molecule has 0 aliphatic carbocycles. The highest BCUT2D eigenvalue weighted by Gasteiger charge is 2.09. The average molecular weight is 236 g/mol. The highest BCUT2D eigenvalue weighted by molar-refractivity contribution is 5.80. The fourth-order valence-electron chi connectivity index (χ4n) is 1.53. The van der Waals surface area contributed by atoms with Gasteiger partial charge in [0, 0.05) is 18.3 Å². The summed E-state index contributed by atoms with van der Waals surface area (Å²) in [7, 11) is 0. The molecule has 0 heterocycles. The Hall–Kier alpha value is -1.55. The number of carbonyl (C=O) groups is 1. The van der Waals surface area contributed by atoms with Crippen LogP contribution in [0.1, 0.15) is 19.4 Å². The molecule has 94 valence electrons. The molecule has 0 aliphatic heterocycles. The summed E-state index contributed by atoms with van der Waals surface area (Å²) in [4.78, 5) is 11.7. The Bertz CT molecular complexity index is 366. The molecule has 4 heteroatoms. The summed E-state index contributed by atoms with van der Waals surface area (Å²) in [5, 5.41) is 2.87. The van der Waals surface area contributed by atoms with Crippen LogP contribution in [0.15, 0.2) is 24.3 Å². The lowest BCUT2D eigenvalue weighted by Crippen LogP contribution is -2.36. The summed E-state index contributed by atoms with van der Waals surface area (Å²) in [6.07, 6.45) is 0.309. The molecule has 1 aromatic carbocycles. The molecular weight excluding hydrogens is 216 g/mol.